The van der Waals surface area contributed by atoms with Crippen molar-refractivity contribution >= 4 is 57.9 Å². The van der Waals surface area contributed by atoms with Gasteiger partial charge in [0.15, 0.2) is 5.16 Å². The smallest absolute Gasteiger partial charge is 0.333 e. The maximum absolute atomic E-state index is 12.1. The van der Waals surface area contributed by atoms with Gasteiger partial charge in [-0.25, -0.2) is 4.98 Å². The Morgan fingerprint density at radius 2 is 1.92 bits per heavy atom. The number of H-pyrrole nitrogens is 1. The summed E-state index contributed by atoms with van der Waals surface area (Å²) in [7, 11) is -0.351. The van der Waals surface area contributed by atoms with Crippen LogP contribution in [0, 0.1) is 0 Å². The number of thioether (sulfide) groups is 1. The Hall–Kier alpha value is -0.820. The Balaban J connectivity index is 1.91. The fourth-order valence-corrected chi connectivity index (χ4v) is 5.24. The molecule has 3 rings (SSSR count). The maximum Gasteiger partial charge on any atom is 0.340 e. The molecule has 0 aliphatic heterocycles. The highest BCUT2D eigenvalue weighted by Crippen LogP contribution is 2.50. The number of hydrogen-bond acceptors (Lipinski definition) is 5. The van der Waals surface area contributed by atoms with Crippen molar-refractivity contribution < 1.29 is 13.6 Å². The fourth-order valence-electron chi connectivity index (χ4n) is 2.25. The Labute approximate surface area is 163 Å². The van der Waals surface area contributed by atoms with Gasteiger partial charge in [-0.05, 0) is 29.8 Å². The molecule has 1 N–H and O–H groups in total. The topological polar surface area (TPSA) is 64.2 Å². The van der Waals surface area contributed by atoms with E-state index >= 15 is 0 Å². The molecule has 0 aliphatic carbocycles. The van der Waals surface area contributed by atoms with Gasteiger partial charge >= 0.3 is 7.60 Å². The molecule has 5 nitrogen and oxygen atoms in total. The summed E-state index contributed by atoms with van der Waals surface area (Å²) in [5.41, 5.74) is 3.69. The molecule has 0 fully saturated rings. The average Bonchev–Trinajstić information content (AvgIpc) is 3.01. The second kappa shape index (κ2) is 7.82. The quantitative estimate of drug-likeness (QED) is 0.351. The van der Waals surface area contributed by atoms with E-state index in [1.165, 1.54) is 26.0 Å². The monoisotopic (exact) mass is 460 g/mol. The number of aromatic amines is 1. The number of hydrogen-bond donors (Lipinski definition) is 1. The molecule has 25 heavy (non-hydrogen) atoms. The van der Waals surface area contributed by atoms with E-state index in [0.717, 1.165) is 26.6 Å². The molecule has 3 aromatic rings. The number of nitrogens with zero attached hydrogens (tertiary/aromatic N) is 1. The van der Waals surface area contributed by atoms with E-state index in [4.69, 9.17) is 20.6 Å². The zero-order valence-electron chi connectivity index (χ0n) is 13.5. The van der Waals surface area contributed by atoms with Crippen molar-refractivity contribution in [2.75, 3.05) is 19.7 Å². The first-order chi connectivity index (χ1) is 11.9. The number of imidazole rings is 1. The molecule has 132 valence electrons. The van der Waals surface area contributed by atoms with Crippen molar-refractivity contribution in [3.8, 4) is 11.1 Å². The van der Waals surface area contributed by atoms with E-state index in [2.05, 4.69) is 25.9 Å². The van der Waals surface area contributed by atoms with Gasteiger partial charge in [-0.15, -0.1) is 0 Å². The number of aromatic nitrogens is 2. The van der Waals surface area contributed by atoms with Crippen LogP contribution in [0.2, 0.25) is 5.02 Å². The molecule has 1 heterocycles. The number of nitrogens with one attached hydrogen (secondary N) is 1. The Bertz CT molecular complexity index is 940. The second-order valence-electron chi connectivity index (χ2n) is 5.15. The minimum atomic E-state index is -3.09. The van der Waals surface area contributed by atoms with Gasteiger partial charge < -0.3 is 14.0 Å². The van der Waals surface area contributed by atoms with Crippen molar-refractivity contribution in [3.63, 3.8) is 0 Å². The van der Waals surface area contributed by atoms with E-state index in [1.807, 2.05) is 36.4 Å². The van der Waals surface area contributed by atoms with Gasteiger partial charge in [-0.2, -0.15) is 0 Å². The highest BCUT2D eigenvalue weighted by Gasteiger charge is 2.22. The molecule has 9 heteroatoms. The average molecular weight is 462 g/mol. The summed E-state index contributed by atoms with van der Waals surface area (Å²) < 4.78 is 23.0. The number of rotatable bonds is 6. The van der Waals surface area contributed by atoms with Crippen molar-refractivity contribution in [1.82, 2.24) is 9.97 Å². The summed E-state index contributed by atoms with van der Waals surface area (Å²) >= 11 is 11.1. The van der Waals surface area contributed by atoms with Crippen LogP contribution in [0.15, 0.2) is 46.0 Å². The minimum absolute atomic E-state index is 0.174. The van der Waals surface area contributed by atoms with Gasteiger partial charge in [0, 0.05) is 24.3 Å². The Morgan fingerprint density at radius 1 is 1.24 bits per heavy atom. The molecule has 0 amide bonds. The number of fused-ring (bicyclic) bond motifs is 1. The minimum Gasteiger partial charge on any atom is -0.333 e. The lowest BCUT2D eigenvalue weighted by molar-refractivity contribution is 0.281. The summed E-state index contributed by atoms with van der Waals surface area (Å²) in [5.74, 6) is 0. The van der Waals surface area contributed by atoms with Gasteiger partial charge in [0.2, 0.25) is 0 Å². The van der Waals surface area contributed by atoms with E-state index in [0.29, 0.717) is 10.2 Å². The molecule has 0 unspecified atom stereocenters. The second-order valence-corrected chi connectivity index (χ2v) is 10.1. The van der Waals surface area contributed by atoms with E-state index < -0.39 is 7.60 Å². The molecule has 2 aromatic carbocycles. The zero-order chi connectivity index (χ0) is 18.0. The zero-order valence-corrected chi connectivity index (χ0v) is 17.5. The van der Waals surface area contributed by atoms with Crippen molar-refractivity contribution in [2.24, 2.45) is 0 Å². The van der Waals surface area contributed by atoms with Crippen molar-refractivity contribution in [1.29, 1.82) is 0 Å². The van der Waals surface area contributed by atoms with Crippen molar-refractivity contribution in [2.45, 2.75) is 5.16 Å². The molecule has 0 saturated heterocycles. The predicted molar refractivity (Wildman–Crippen MR) is 107 cm³/mol. The van der Waals surface area contributed by atoms with Crippen LogP contribution in [0.1, 0.15) is 0 Å². The molecule has 1 aromatic heterocycles. The largest absolute Gasteiger partial charge is 0.340 e. The van der Waals surface area contributed by atoms with Crippen LogP contribution >= 0.6 is 46.9 Å². The summed E-state index contributed by atoms with van der Waals surface area (Å²) in [6.45, 7) is 0. The molecular formula is C16H15BrClN2O3PS. The molecule has 0 radical (unpaired) electrons. The van der Waals surface area contributed by atoms with Crippen LogP contribution in [0.5, 0.6) is 0 Å². The Kier molecular flexibility index (Phi) is 5.93. The van der Waals surface area contributed by atoms with Crippen LogP contribution < -0.4 is 0 Å². The SMILES string of the molecule is COP(=O)(CSc1nc2cc(-c3ccc(Br)cc3)c(Cl)cc2[nH]1)OC. The first-order valence-electron chi connectivity index (χ1n) is 7.22. The maximum atomic E-state index is 12.1. The van der Waals surface area contributed by atoms with Gasteiger partial charge in [-0.1, -0.05) is 51.4 Å². The molecule has 0 bridgehead atoms. The Morgan fingerprint density at radius 3 is 2.56 bits per heavy atom. The third-order valence-electron chi connectivity index (χ3n) is 3.62. The molecule has 0 saturated carbocycles. The lowest BCUT2D eigenvalue weighted by atomic mass is 10.1. The van der Waals surface area contributed by atoms with Crippen LogP contribution in [0.25, 0.3) is 22.2 Å². The summed E-state index contributed by atoms with van der Waals surface area (Å²) in [5, 5.41) is 1.27. The van der Waals surface area contributed by atoms with E-state index in [9.17, 15) is 4.57 Å². The number of halogens is 2. The molecule has 0 atom stereocenters. The summed E-state index contributed by atoms with van der Waals surface area (Å²) in [6, 6.07) is 11.7. The first kappa shape index (κ1) is 19.0. The fraction of sp³-hybridized carbons (Fsp3) is 0.188. The highest BCUT2D eigenvalue weighted by atomic mass is 79.9. The van der Waals surface area contributed by atoms with Crippen molar-refractivity contribution in [3.05, 3.63) is 45.9 Å². The standard InChI is InChI=1S/C16H15BrClN2O3PS/c1-22-24(21,23-2)9-25-16-19-14-7-12(13(18)8-15(14)20-16)10-3-5-11(17)6-4-10/h3-8H,9H2,1-2H3,(H,19,20). The van der Waals surface area contributed by atoms with Gasteiger partial charge in [0.25, 0.3) is 0 Å². The lowest BCUT2D eigenvalue weighted by Gasteiger charge is -2.11. The lowest BCUT2D eigenvalue weighted by Crippen LogP contribution is -1.91. The van der Waals surface area contributed by atoms with Gasteiger partial charge in [-0.3, -0.25) is 4.57 Å². The molecular weight excluding hydrogens is 447 g/mol. The summed E-state index contributed by atoms with van der Waals surface area (Å²) in [6.07, 6.45) is 0. The third-order valence-corrected chi connectivity index (χ3v) is 7.82. The van der Waals surface area contributed by atoms with Gasteiger partial charge in [0.05, 0.1) is 16.1 Å². The van der Waals surface area contributed by atoms with Crippen LogP contribution in [-0.2, 0) is 13.6 Å². The van der Waals surface area contributed by atoms with Crippen LogP contribution in [0.3, 0.4) is 0 Å². The normalized spacial score (nSPS) is 12.0. The molecule has 0 spiro atoms. The van der Waals surface area contributed by atoms with E-state index in [-0.39, 0.29) is 5.49 Å². The highest BCUT2D eigenvalue weighted by molar-refractivity contribution is 9.10. The van der Waals surface area contributed by atoms with Crippen LogP contribution in [-0.4, -0.2) is 29.7 Å². The third kappa shape index (κ3) is 4.30. The first-order valence-corrected chi connectivity index (χ1v) is 11.1. The van der Waals surface area contributed by atoms with E-state index in [1.54, 1.807) is 0 Å². The van der Waals surface area contributed by atoms with Gasteiger partial charge in [0.1, 0.15) is 5.49 Å². The number of benzene rings is 2. The predicted octanol–water partition coefficient (Wildman–Crippen LogP) is 6.18. The summed E-state index contributed by atoms with van der Waals surface area (Å²) in [4.78, 5) is 7.71. The molecule has 0 aliphatic rings. The van der Waals surface area contributed by atoms with Crippen LogP contribution in [0.4, 0.5) is 0 Å².